The lowest BCUT2D eigenvalue weighted by Crippen LogP contribution is -2.32. The van der Waals surface area contributed by atoms with Gasteiger partial charge in [-0.05, 0) is 38.0 Å². The van der Waals surface area contributed by atoms with E-state index in [2.05, 4.69) is 10.5 Å². The molecular formula is C18H22N2O3. The number of aliphatic hydroxyl groups is 1. The molecular weight excluding hydrogens is 292 g/mol. The molecule has 1 heterocycles. The van der Waals surface area contributed by atoms with Crippen LogP contribution in [-0.2, 0) is 0 Å². The summed E-state index contributed by atoms with van der Waals surface area (Å²) in [6, 6.07) is 10.2. The normalized spacial score (nSPS) is 15.9. The van der Waals surface area contributed by atoms with E-state index in [1.807, 2.05) is 49.4 Å². The zero-order valence-corrected chi connectivity index (χ0v) is 13.2. The largest absolute Gasteiger partial charge is 0.490 e. The average Bonchev–Trinajstić information content (AvgIpc) is 3.30. The number of aromatic nitrogens is 1. The molecule has 2 N–H and O–H groups in total. The topological polar surface area (TPSA) is 67.5 Å². The van der Waals surface area contributed by atoms with E-state index in [1.165, 1.54) is 12.8 Å². The number of hydrogen-bond acceptors (Lipinski definition) is 5. The first-order valence-corrected chi connectivity index (χ1v) is 7.95. The van der Waals surface area contributed by atoms with Gasteiger partial charge in [-0.25, -0.2) is 0 Å². The van der Waals surface area contributed by atoms with E-state index in [0.29, 0.717) is 18.3 Å². The molecule has 1 atom stereocenters. The standard InChI is InChI=1S/C18H22N2O3/c1-13-10-17(23-20-13)9-6-14-4-2-3-5-18(14)22-12-16(21)11-19-15-7-8-15/h2-6,9-10,15-16,19,21H,7-8,11-12H2,1H3. The van der Waals surface area contributed by atoms with E-state index in [-0.39, 0.29) is 6.61 Å². The van der Waals surface area contributed by atoms with Crippen LogP contribution in [0.4, 0.5) is 0 Å². The zero-order chi connectivity index (χ0) is 16.1. The molecule has 0 saturated heterocycles. The lowest BCUT2D eigenvalue weighted by molar-refractivity contribution is 0.106. The molecule has 0 spiro atoms. The van der Waals surface area contributed by atoms with Gasteiger partial charge in [-0.15, -0.1) is 0 Å². The van der Waals surface area contributed by atoms with Crippen molar-refractivity contribution in [1.82, 2.24) is 10.5 Å². The van der Waals surface area contributed by atoms with E-state index in [9.17, 15) is 5.11 Å². The molecule has 1 saturated carbocycles. The molecule has 0 aliphatic heterocycles. The monoisotopic (exact) mass is 314 g/mol. The second kappa shape index (κ2) is 7.44. The number of nitrogens with one attached hydrogen (secondary N) is 1. The van der Waals surface area contributed by atoms with Crippen LogP contribution in [0.1, 0.15) is 29.9 Å². The van der Waals surface area contributed by atoms with E-state index < -0.39 is 6.10 Å². The lowest BCUT2D eigenvalue weighted by Gasteiger charge is -2.14. The first-order chi connectivity index (χ1) is 11.2. The second-order valence-electron chi connectivity index (χ2n) is 5.89. The maximum absolute atomic E-state index is 9.96. The number of rotatable bonds is 8. The highest BCUT2D eigenvalue weighted by molar-refractivity contribution is 5.70. The second-order valence-corrected chi connectivity index (χ2v) is 5.89. The summed E-state index contributed by atoms with van der Waals surface area (Å²) >= 11 is 0. The Labute approximate surface area is 136 Å². The molecule has 0 amide bonds. The van der Waals surface area contributed by atoms with Crippen molar-refractivity contribution in [3.05, 3.63) is 47.3 Å². The molecule has 5 nitrogen and oxygen atoms in total. The Morgan fingerprint density at radius 3 is 2.96 bits per heavy atom. The summed E-state index contributed by atoms with van der Waals surface area (Å²) in [6.07, 6.45) is 5.69. The average molecular weight is 314 g/mol. The molecule has 0 bridgehead atoms. The van der Waals surface area contributed by atoms with Gasteiger partial charge in [-0.1, -0.05) is 23.4 Å². The van der Waals surface area contributed by atoms with Crippen molar-refractivity contribution >= 4 is 12.2 Å². The Bertz CT molecular complexity index is 662. The molecule has 5 heteroatoms. The minimum absolute atomic E-state index is 0.270. The Kier molecular flexibility index (Phi) is 5.10. The van der Waals surface area contributed by atoms with Gasteiger partial charge >= 0.3 is 0 Å². The third kappa shape index (κ3) is 4.94. The van der Waals surface area contributed by atoms with Gasteiger partial charge in [0.2, 0.25) is 0 Å². The highest BCUT2D eigenvalue weighted by atomic mass is 16.5. The summed E-state index contributed by atoms with van der Waals surface area (Å²) in [4.78, 5) is 0. The van der Waals surface area contributed by atoms with Gasteiger partial charge in [0, 0.05) is 24.2 Å². The van der Waals surface area contributed by atoms with Gasteiger partial charge < -0.3 is 19.7 Å². The molecule has 1 aromatic carbocycles. The number of para-hydroxylation sites is 1. The van der Waals surface area contributed by atoms with Crippen LogP contribution < -0.4 is 10.1 Å². The summed E-state index contributed by atoms with van der Waals surface area (Å²) in [5.41, 5.74) is 1.78. The predicted octanol–water partition coefficient (Wildman–Crippen LogP) is 2.65. The Morgan fingerprint density at radius 1 is 1.39 bits per heavy atom. The number of benzene rings is 1. The quantitative estimate of drug-likeness (QED) is 0.784. The molecule has 23 heavy (non-hydrogen) atoms. The Hall–Kier alpha value is -2.11. The molecule has 1 fully saturated rings. The number of ether oxygens (including phenoxy) is 1. The lowest BCUT2D eigenvalue weighted by atomic mass is 10.2. The van der Waals surface area contributed by atoms with E-state index in [1.54, 1.807) is 0 Å². The van der Waals surface area contributed by atoms with Gasteiger partial charge in [0.15, 0.2) is 5.76 Å². The van der Waals surface area contributed by atoms with E-state index in [4.69, 9.17) is 9.26 Å². The highest BCUT2D eigenvalue weighted by Crippen LogP contribution is 2.21. The van der Waals surface area contributed by atoms with Crippen LogP contribution in [0, 0.1) is 6.92 Å². The van der Waals surface area contributed by atoms with Crippen molar-refractivity contribution in [1.29, 1.82) is 0 Å². The molecule has 0 radical (unpaired) electrons. The van der Waals surface area contributed by atoms with Gasteiger partial charge in [0.05, 0.1) is 5.69 Å². The number of aliphatic hydroxyl groups excluding tert-OH is 1. The molecule has 1 aliphatic rings. The van der Waals surface area contributed by atoms with Gasteiger partial charge in [0.25, 0.3) is 0 Å². The summed E-state index contributed by atoms with van der Waals surface area (Å²) < 4.78 is 10.9. The van der Waals surface area contributed by atoms with Crippen molar-refractivity contribution < 1.29 is 14.4 Å². The van der Waals surface area contributed by atoms with Crippen LogP contribution in [0.5, 0.6) is 5.75 Å². The summed E-state index contributed by atoms with van der Waals surface area (Å²) in [5, 5.41) is 17.1. The Morgan fingerprint density at radius 2 is 2.22 bits per heavy atom. The molecule has 3 rings (SSSR count). The SMILES string of the molecule is Cc1cc(C=Cc2ccccc2OCC(O)CNC2CC2)on1. The van der Waals surface area contributed by atoms with Crippen LogP contribution in [0.3, 0.4) is 0 Å². The molecule has 1 aliphatic carbocycles. The fraction of sp³-hybridized carbons (Fsp3) is 0.389. The van der Waals surface area contributed by atoms with Gasteiger partial charge in [-0.2, -0.15) is 0 Å². The fourth-order valence-electron chi connectivity index (χ4n) is 2.22. The number of aryl methyl sites for hydroxylation is 1. The zero-order valence-electron chi connectivity index (χ0n) is 13.2. The minimum Gasteiger partial charge on any atom is -0.490 e. The number of hydrogen-bond donors (Lipinski definition) is 2. The fourth-order valence-corrected chi connectivity index (χ4v) is 2.22. The first-order valence-electron chi connectivity index (χ1n) is 7.95. The van der Waals surface area contributed by atoms with Gasteiger partial charge in [-0.3, -0.25) is 0 Å². The van der Waals surface area contributed by atoms with Crippen molar-refractivity contribution in [2.75, 3.05) is 13.2 Å². The predicted molar refractivity (Wildman–Crippen MR) is 89.1 cm³/mol. The van der Waals surface area contributed by atoms with Crippen LogP contribution in [0.15, 0.2) is 34.9 Å². The van der Waals surface area contributed by atoms with Crippen molar-refractivity contribution in [3.8, 4) is 5.75 Å². The van der Waals surface area contributed by atoms with Crippen LogP contribution in [0.25, 0.3) is 12.2 Å². The smallest absolute Gasteiger partial charge is 0.159 e. The maximum Gasteiger partial charge on any atom is 0.159 e. The molecule has 1 aromatic heterocycles. The van der Waals surface area contributed by atoms with E-state index in [0.717, 1.165) is 17.0 Å². The maximum atomic E-state index is 9.96. The Balaban J connectivity index is 1.57. The molecule has 1 unspecified atom stereocenters. The van der Waals surface area contributed by atoms with Crippen molar-refractivity contribution in [2.24, 2.45) is 0 Å². The third-order valence-electron chi connectivity index (χ3n) is 3.64. The third-order valence-corrected chi connectivity index (χ3v) is 3.64. The summed E-state index contributed by atoms with van der Waals surface area (Å²) in [5.74, 6) is 1.44. The number of nitrogens with zero attached hydrogens (tertiary/aromatic N) is 1. The summed E-state index contributed by atoms with van der Waals surface area (Å²) in [7, 11) is 0. The van der Waals surface area contributed by atoms with E-state index >= 15 is 0 Å². The van der Waals surface area contributed by atoms with Crippen LogP contribution >= 0.6 is 0 Å². The van der Waals surface area contributed by atoms with Crippen molar-refractivity contribution in [3.63, 3.8) is 0 Å². The van der Waals surface area contributed by atoms with Crippen LogP contribution in [0.2, 0.25) is 0 Å². The molecule has 2 aromatic rings. The van der Waals surface area contributed by atoms with Crippen molar-refractivity contribution in [2.45, 2.75) is 31.9 Å². The minimum atomic E-state index is -0.510. The summed E-state index contributed by atoms with van der Waals surface area (Å²) in [6.45, 7) is 2.72. The van der Waals surface area contributed by atoms with Crippen LogP contribution in [-0.4, -0.2) is 35.6 Å². The molecule has 122 valence electrons. The van der Waals surface area contributed by atoms with Gasteiger partial charge in [0.1, 0.15) is 18.5 Å². The highest BCUT2D eigenvalue weighted by Gasteiger charge is 2.21. The first kappa shape index (κ1) is 15.8.